The predicted octanol–water partition coefficient (Wildman–Crippen LogP) is 2.27. The van der Waals surface area contributed by atoms with Crippen molar-refractivity contribution in [1.82, 2.24) is 4.98 Å². The van der Waals surface area contributed by atoms with Crippen LogP contribution in [0, 0.1) is 0 Å². The quantitative estimate of drug-likeness (QED) is 0.880. The van der Waals surface area contributed by atoms with Crippen molar-refractivity contribution >= 4 is 0 Å². The van der Waals surface area contributed by atoms with Crippen molar-refractivity contribution in [3.8, 4) is 17.2 Å². The lowest BCUT2D eigenvalue weighted by molar-refractivity contribution is 0.194. The van der Waals surface area contributed by atoms with E-state index in [0.29, 0.717) is 12.3 Å². The SMILES string of the molecule is COc1ccccc1-c1nc(CC(C)O)co1. The average molecular weight is 233 g/mol. The Balaban J connectivity index is 2.30. The van der Waals surface area contributed by atoms with Gasteiger partial charge in [0.15, 0.2) is 0 Å². The topological polar surface area (TPSA) is 55.5 Å². The predicted molar refractivity (Wildman–Crippen MR) is 63.9 cm³/mol. The first kappa shape index (κ1) is 11.7. The standard InChI is InChI=1S/C13H15NO3/c1-9(15)7-10-8-17-13(14-10)11-5-3-4-6-12(11)16-2/h3-6,8-9,15H,7H2,1-2H3. The van der Waals surface area contributed by atoms with Gasteiger partial charge in [-0.3, -0.25) is 0 Å². The average Bonchev–Trinajstić information content (AvgIpc) is 2.76. The summed E-state index contributed by atoms with van der Waals surface area (Å²) in [7, 11) is 1.61. The van der Waals surface area contributed by atoms with Crippen molar-refractivity contribution in [3.05, 3.63) is 36.2 Å². The monoisotopic (exact) mass is 233 g/mol. The van der Waals surface area contributed by atoms with Crippen molar-refractivity contribution in [1.29, 1.82) is 0 Å². The minimum atomic E-state index is -0.425. The molecule has 0 saturated carbocycles. The summed E-state index contributed by atoms with van der Waals surface area (Å²) in [4.78, 5) is 4.32. The summed E-state index contributed by atoms with van der Waals surface area (Å²) < 4.78 is 10.6. The van der Waals surface area contributed by atoms with Crippen LogP contribution in [0.25, 0.3) is 11.5 Å². The van der Waals surface area contributed by atoms with Gasteiger partial charge in [0.05, 0.1) is 24.5 Å². The molecule has 0 radical (unpaired) electrons. The second-order valence-corrected chi connectivity index (χ2v) is 3.90. The number of aliphatic hydroxyl groups is 1. The van der Waals surface area contributed by atoms with E-state index in [1.807, 2.05) is 24.3 Å². The first-order valence-corrected chi connectivity index (χ1v) is 5.46. The second-order valence-electron chi connectivity index (χ2n) is 3.90. The van der Waals surface area contributed by atoms with Crippen LogP contribution in [0.1, 0.15) is 12.6 Å². The van der Waals surface area contributed by atoms with Gasteiger partial charge in [-0.1, -0.05) is 12.1 Å². The summed E-state index contributed by atoms with van der Waals surface area (Å²) in [6.07, 6.45) is 1.62. The first-order chi connectivity index (χ1) is 8.20. The Hall–Kier alpha value is -1.81. The van der Waals surface area contributed by atoms with Crippen LogP contribution in [0.3, 0.4) is 0 Å². The van der Waals surface area contributed by atoms with Crippen LogP contribution < -0.4 is 4.74 Å². The molecule has 0 spiro atoms. The van der Waals surface area contributed by atoms with E-state index in [1.54, 1.807) is 20.3 Å². The Labute approximate surface area is 99.9 Å². The van der Waals surface area contributed by atoms with E-state index < -0.39 is 6.10 Å². The lowest BCUT2D eigenvalue weighted by Gasteiger charge is -2.03. The minimum absolute atomic E-state index is 0.425. The number of benzene rings is 1. The highest BCUT2D eigenvalue weighted by molar-refractivity contribution is 5.62. The van der Waals surface area contributed by atoms with Gasteiger partial charge in [0, 0.05) is 6.42 Å². The molecule has 0 aliphatic rings. The van der Waals surface area contributed by atoms with Crippen molar-refractivity contribution in [2.45, 2.75) is 19.4 Å². The van der Waals surface area contributed by atoms with Crippen molar-refractivity contribution in [2.24, 2.45) is 0 Å². The Morgan fingerprint density at radius 3 is 2.88 bits per heavy atom. The van der Waals surface area contributed by atoms with Crippen LogP contribution in [-0.2, 0) is 6.42 Å². The summed E-state index contributed by atoms with van der Waals surface area (Å²) in [5.41, 5.74) is 1.55. The highest BCUT2D eigenvalue weighted by atomic mass is 16.5. The molecule has 4 heteroatoms. The number of oxazole rings is 1. The molecule has 1 N–H and O–H groups in total. The fourth-order valence-corrected chi connectivity index (χ4v) is 1.65. The number of rotatable bonds is 4. The van der Waals surface area contributed by atoms with Gasteiger partial charge < -0.3 is 14.3 Å². The maximum atomic E-state index is 9.28. The summed E-state index contributed by atoms with van der Waals surface area (Å²) >= 11 is 0. The van der Waals surface area contributed by atoms with Crippen LogP contribution in [-0.4, -0.2) is 23.3 Å². The third-order valence-corrected chi connectivity index (χ3v) is 2.39. The van der Waals surface area contributed by atoms with Gasteiger partial charge in [0.2, 0.25) is 5.89 Å². The highest BCUT2D eigenvalue weighted by Gasteiger charge is 2.12. The maximum Gasteiger partial charge on any atom is 0.229 e. The molecule has 1 aromatic heterocycles. The largest absolute Gasteiger partial charge is 0.496 e. The molecule has 17 heavy (non-hydrogen) atoms. The van der Waals surface area contributed by atoms with E-state index >= 15 is 0 Å². The molecule has 2 aromatic rings. The lowest BCUT2D eigenvalue weighted by Crippen LogP contribution is -2.04. The number of para-hydroxylation sites is 1. The van der Waals surface area contributed by atoms with E-state index in [4.69, 9.17) is 9.15 Å². The van der Waals surface area contributed by atoms with Crippen LogP contribution in [0.2, 0.25) is 0 Å². The first-order valence-electron chi connectivity index (χ1n) is 5.46. The molecule has 1 atom stereocenters. The van der Waals surface area contributed by atoms with Gasteiger partial charge in [-0.05, 0) is 19.1 Å². The van der Waals surface area contributed by atoms with Crippen LogP contribution >= 0.6 is 0 Å². The van der Waals surface area contributed by atoms with Gasteiger partial charge in [-0.25, -0.2) is 4.98 Å². The molecule has 1 aromatic carbocycles. The Kier molecular flexibility index (Phi) is 3.44. The zero-order valence-corrected chi connectivity index (χ0v) is 9.88. The fourth-order valence-electron chi connectivity index (χ4n) is 1.65. The second kappa shape index (κ2) is 5.01. The lowest BCUT2D eigenvalue weighted by atomic mass is 10.2. The fraction of sp³-hybridized carbons (Fsp3) is 0.308. The molecular formula is C13H15NO3. The van der Waals surface area contributed by atoms with Gasteiger partial charge in [-0.15, -0.1) is 0 Å². The van der Waals surface area contributed by atoms with Crippen molar-refractivity contribution < 1.29 is 14.3 Å². The number of aliphatic hydroxyl groups excluding tert-OH is 1. The number of nitrogens with zero attached hydrogens (tertiary/aromatic N) is 1. The molecule has 0 fully saturated rings. The van der Waals surface area contributed by atoms with Gasteiger partial charge >= 0.3 is 0 Å². The third kappa shape index (κ3) is 2.65. The highest BCUT2D eigenvalue weighted by Crippen LogP contribution is 2.28. The number of ether oxygens (including phenoxy) is 1. The van der Waals surface area contributed by atoms with Gasteiger partial charge in [0.1, 0.15) is 12.0 Å². The number of aromatic nitrogens is 1. The van der Waals surface area contributed by atoms with Crippen LogP contribution in [0.5, 0.6) is 5.75 Å². The molecule has 4 nitrogen and oxygen atoms in total. The van der Waals surface area contributed by atoms with E-state index in [0.717, 1.165) is 17.0 Å². The van der Waals surface area contributed by atoms with E-state index in [9.17, 15) is 5.11 Å². The van der Waals surface area contributed by atoms with E-state index in [2.05, 4.69) is 4.98 Å². The molecule has 0 aliphatic carbocycles. The minimum Gasteiger partial charge on any atom is -0.496 e. The molecule has 0 bridgehead atoms. The normalized spacial score (nSPS) is 12.4. The summed E-state index contributed by atoms with van der Waals surface area (Å²) in [6, 6.07) is 7.53. The maximum absolute atomic E-state index is 9.28. The molecule has 0 amide bonds. The van der Waals surface area contributed by atoms with Gasteiger partial charge in [0.25, 0.3) is 0 Å². The molecule has 90 valence electrons. The molecule has 2 rings (SSSR count). The zero-order valence-electron chi connectivity index (χ0n) is 9.88. The Morgan fingerprint density at radius 1 is 1.41 bits per heavy atom. The third-order valence-electron chi connectivity index (χ3n) is 2.39. The Morgan fingerprint density at radius 2 is 2.18 bits per heavy atom. The van der Waals surface area contributed by atoms with Crippen LogP contribution in [0.4, 0.5) is 0 Å². The molecule has 0 saturated heterocycles. The number of methoxy groups -OCH3 is 1. The van der Waals surface area contributed by atoms with E-state index in [-0.39, 0.29) is 0 Å². The number of hydrogen-bond donors (Lipinski definition) is 1. The van der Waals surface area contributed by atoms with Crippen molar-refractivity contribution in [2.75, 3.05) is 7.11 Å². The Bertz CT molecular complexity index is 491. The van der Waals surface area contributed by atoms with Crippen LogP contribution in [0.15, 0.2) is 34.9 Å². The smallest absolute Gasteiger partial charge is 0.229 e. The molecule has 0 aliphatic heterocycles. The molecule has 1 unspecified atom stereocenters. The summed E-state index contributed by atoms with van der Waals surface area (Å²) in [6.45, 7) is 1.72. The summed E-state index contributed by atoms with van der Waals surface area (Å²) in [5, 5.41) is 9.28. The molecule has 1 heterocycles. The summed E-state index contributed by atoms with van der Waals surface area (Å²) in [5.74, 6) is 1.23. The van der Waals surface area contributed by atoms with Crippen molar-refractivity contribution in [3.63, 3.8) is 0 Å². The zero-order chi connectivity index (χ0) is 12.3. The van der Waals surface area contributed by atoms with Gasteiger partial charge in [-0.2, -0.15) is 0 Å². The van der Waals surface area contributed by atoms with E-state index in [1.165, 1.54) is 0 Å². The molecular weight excluding hydrogens is 218 g/mol. The number of hydrogen-bond acceptors (Lipinski definition) is 4.